The van der Waals surface area contributed by atoms with Crippen molar-refractivity contribution in [1.29, 1.82) is 0 Å². The number of piperidine rings is 1. The minimum atomic E-state index is -3.76. The number of anilines is 1. The number of benzene rings is 2. The van der Waals surface area contributed by atoms with Crippen LogP contribution in [-0.2, 0) is 16.3 Å². The van der Waals surface area contributed by atoms with Crippen molar-refractivity contribution in [3.05, 3.63) is 54.2 Å². The number of aryl methyl sites for hydroxylation is 1. The molecule has 0 bridgehead atoms. The Kier molecular flexibility index (Phi) is 5.69. The third-order valence-corrected chi connectivity index (χ3v) is 7.77. The molecule has 1 aromatic heterocycles. The second kappa shape index (κ2) is 8.26. The SMILES string of the molecule is CCc1ccc2ncc(S(=O)(=O)c3cccc(OC)c3)c(N3CCC(C)CC3)c2c1. The maximum absolute atomic E-state index is 13.7. The van der Waals surface area contributed by atoms with Crippen molar-refractivity contribution >= 4 is 26.4 Å². The molecule has 0 amide bonds. The van der Waals surface area contributed by atoms with Crippen LogP contribution in [0.5, 0.6) is 5.75 Å². The first-order valence-electron chi connectivity index (χ1n) is 10.5. The normalized spacial score (nSPS) is 15.5. The van der Waals surface area contributed by atoms with Gasteiger partial charge in [0.1, 0.15) is 10.6 Å². The molecule has 0 aliphatic carbocycles. The highest BCUT2D eigenvalue weighted by molar-refractivity contribution is 7.91. The monoisotopic (exact) mass is 424 g/mol. The molecule has 1 fully saturated rings. The molecule has 2 aromatic carbocycles. The molecule has 0 unspecified atom stereocenters. The van der Waals surface area contributed by atoms with Crippen LogP contribution in [0.2, 0.25) is 0 Å². The van der Waals surface area contributed by atoms with E-state index < -0.39 is 9.84 Å². The number of pyridine rings is 1. The summed E-state index contributed by atoms with van der Waals surface area (Å²) in [5, 5.41) is 0.910. The second-order valence-corrected chi connectivity index (χ2v) is 9.95. The standard InChI is InChI=1S/C24H28N2O3S/c1-4-18-8-9-22-21(14-18)24(26-12-10-17(2)11-13-26)23(16-25-22)30(27,28)20-7-5-6-19(15-20)29-3/h5-9,14-17H,4,10-13H2,1-3H3. The molecular formula is C24H28N2O3S. The molecule has 6 heteroatoms. The van der Waals surface area contributed by atoms with E-state index in [1.165, 1.54) is 18.9 Å². The molecule has 5 nitrogen and oxygen atoms in total. The van der Waals surface area contributed by atoms with Crippen LogP contribution in [0.25, 0.3) is 10.9 Å². The van der Waals surface area contributed by atoms with Gasteiger partial charge >= 0.3 is 0 Å². The Bertz CT molecular complexity index is 1170. The lowest BCUT2D eigenvalue weighted by atomic mass is 9.98. The number of sulfone groups is 1. The Hall–Kier alpha value is -2.60. The fourth-order valence-electron chi connectivity index (χ4n) is 4.08. The van der Waals surface area contributed by atoms with Crippen molar-refractivity contribution in [2.24, 2.45) is 5.92 Å². The zero-order valence-corrected chi connectivity index (χ0v) is 18.6. The summed E-state index contributed by atoms with van der Waals surface area (Å²) in [4.78, 5) is 7.25. The Morgan fingerprint density at radius 1 is 1.13 bits per heavy atom. The number of rotatable bonds is 5. The van der Waals surface area contributed by atoms with Crippen molar-refractivity contribution in [2.75, 3.05) is 25.1 Å². The summed E-state index contributed by atoms with van der Waals surface area (Å²) in [6.07, 6.45) is 4.52. The van der Waals surface area contributed by atoms with Crippen LogP contribution in [0.3, 0.4) is 0 Å². The molecule has 1 aliphatic rings. The molecule has 0 spiro atoms. The average molecular weight is 425 g/mol. The molecular weight excluding hydrogens is 396 g/mol. The van der Waals surface area contributed by atoms with E-state index in [4.69, 9.17) is 4.74 Å². The molecule has 0 N–H and O–H groups in total. The quantitative estimate of drug-likeness (QED) is 0.584. The van der Waals surface area contributed by atoms with E-state index in [1.807, 2.05) is 6.07 Å². The van der Waals surface area contributed by atoms with Crippen molar-refractivity contribution in [1.82, 2.24) is 4.98 Å². The summed E-state index contributed by atoms with van der Waals surface area (Å²) in [6, 6.07) is 12.8. The molecule has 0 radical (unpaired) electrons. The van der Waals surface area contributed by atoms with Crippen LogP contribution in [0.1, 0.15) is 32.3 Å². The molecule has 1 aliphatic heterocycles. The summed E-state index contributed by atoms with van der Waals surface area (Å²) < 4.78 is 32.7. The number of fused-ring (bicyclic) bond motifs is 1. The Morgan fingerprint density at radius 3 is 2.60 bits per heavy atom. The minimum absolute atomic E-state index is 0.223. The smallest absolute Gasteiger partial charge is 0.210 e. The van der Waals surface area contributed by atoms with Gasteiger partial charge in [-0.15, -0.1) is 0 Å². The molecule has 2 heterocycles. The summed E-state index contributed by atoms with van der Waals surface area (Å²) in [5.41, 5.74) is 2.78. The van der Waals surface area contributed by atoms with E-state index in [2.05, 4.69) is 35.9 Å². The van der Waals surface area contributed by atoms with E-state index in [9.17, 15) is 8.42 Å². The fraction of sp³-hybridized carbons (Fsp3) is 0.375. The van der Waals surface area contributed by atoms with Gasteiger partial charge in [-0.1, -0.05) is 26.0 Å². The number of hydrogen-bond donors (Lipinski definition) is 0. The summed E-state index contributed by atoms with van der Waals surface area (Å²) >= 11 is 0. The molecule has 0 saturated carbocycles. The molecule has 158 valence electrons. The van der Waals surface area contributed by atoms with Crippen molar-refractivity contribution in [3.8, 4) is 5.75 Å². The predicted octanol–water partition coefficient (Wildman–Crippen LogP) is 4.87. The zero-order valence-electron chi connectivity index (χ0n) is 17.8. The molecule has 3 aromatic rings. The first kappa shape index (κ1) is 20.7. The van der Waals surface area contributed by atoms with Gasteiger partial charge in [-0.25, -0.2) is 8.42 Å². The predicted molar refractivity (Wildman–Crippen MR) is 120 cm³/mol. The third-order valence-electron chi connectivity index (χ3n) is 6.02. The molecule has 1 saturated heterocycles. The van der Waals surface area contributed by atoms with Crippen molar-refractivity contribution in [3.63, 3.8) is 0 Å². The van der Waals surface area contributed by atoms with Gasteiger partial charge in [-0.05, 0) is 61.1 Å². The number of methoxy groups -OCH3 is 1. The maximum atomic E-state index is 13.7. The van der Waals surface area contributed by atoms with Crippen LogP contribution >= 0.6 is 0 Å². The van der Waals surface area contributed by atoms with Crippen LogP contribution in [0.15, 0.2) is 58.5 Å². The van der Waals surface area contributed by atoms with Crippen LogP contribution in [-0.4, -0.2) is 33.6 Å². The Morgan fingerprint density at radius 2 is 1.90 bits per heavy atom. The number of ether oxygens (including phenoxy) is 1. The number of aromatic nitrogens is 1. The second-order valence-electron chi connectivity index (χ2n) is 8.03. The highest BCUT2D eigenvalue weighted by Gasteiger charge is 2.29. The lowest BCUT2D eigenvalue weighted by molar-refractivity contribution is 0.413. The molecule has 30 heavy (non-hydrogen) atoms. The van der Waals surface area contributed by atoms with Gasteiger partial charge in [0.05, 0.1) is 23.2 Å². The number of hydrogen-bond acceptors (Lipinski definition) is 5. The van der Waals surface area contributed by atoms with E-state index >= 15 is 0 Å². The zero-order chi connectivity index (χ0) is 21.3. The van der Waals surface area contributed by atoms with Crippen LogP contribution in [0.4, 0.5) is 5.69 Å². The molecule has 4 rings (SSSR count). The maximum Gasteiger partial charge on any atom is 0.210 e. The Balaban J connectivity index is 1.95. The summed E-state index contributed by atoms with van der Waals surface area (Å²) in [5.74, 6) is 1.17. The van der Waals surface area contributed by atoms with E-state index in [-0.39, 0.29) is 9.79 Å². The van der Waals surface area contributed by atoms with Gasteiger partial charge in [0.25, 0.3) is 0 Å². The fourth-order valence-corrected chi connectivity index (χ4v) is 5.55. The van der Waals surface area contributed by atoms with Gasteiger partial charge in [0.2, 0.25) is 9.84 Å². The minimum Gasteiger partial charge on any atom is -0.497 e. The van der Waals surface area contributed by atoms with E-state index in [0.717, 1.165) is 48.9 Å². The van der Waals surface area contributed by atoms with Gasteiger partial charge < -0.3 is 9.64 Å². The molecule has 0 atom stereocenters. The largest absolute Gasteiger partial charge is 0.497 e. The van der Waals surface area contributed by atoms with Crippen LogP contribution < -0.4 is 9.64 Å². The van der Waals surface area contributed by atoms with E-state index in [1.54, 1.807) is 24.3 Å². The van der Waals surface area contributed by atoms with Crippen molar-refractivity contribution in [2.45, 2.75) is 42.9 Å². The summed E-state index contributed by atoms with van der Waals surface area (Å²) in [7, 11) is -2.22. The number of nitrogens with zero attached hydrogens (tertiary/aromatic N) is 2. The first-order valence-corrected chi connectivity index (χ1v) is 12.0. The average Bonchev–Trinajstić information content (AvgIpc) is 2.78. The van der Waals surface area contributed by atoms with E-state index in [0.29, 0.717) is 11.7 Å². The lowest BCUT2D eigenvalue weighted by Gasteiger charge is -2.34. The lowest BCUT2D eigenvalue weighted by Crippen LogP contribution is -2.34. The first-order chi connectivity index (χ1) is 14.4. The van der Waals surface area contributed by atoms with Gasteiger partial charge in [-0.2, -0.15) is 0 Å². The Labute approximate surface area is 178 Å². The van der Waals surface area contributed by atoms with Gasteiger partial charge in [0.15, 0.2) is 0 Å². The highest BCUT2D eigenvalue weighted by Crippen LogP contribution is 2.38. The van der Waals surface area contributed by atoms with Gasteiger partial charge in [0, 0.05) is 24.7 Å². The van der Waals surface area contributed by atoms with Gasteiger partial charge in [-0.3, -0.25) is 4.98 Å². The summed E-state index contributed by atoms with van der Waals surface area (Å²) in [6.45, 7) is 6.05. The highest BCUT2D eigenvalue weighted by atomic mass is 32.2. The topological polar surface area (TPSA) is 59.5 Å². The van der Waals surface area contributed by atoms with Crippen LogP contribution in [0, 0.1) is 5.92 Å². The third kappa shape index (κ3) is 3.76. The van der Waals surface area contributed by atoms with Crippen molar-refractivity contribution < 1.29 is 13.2 Å².